The van der Waals surface area contributed by atoms with Crippen LogP contribution in [0.2, 0.25) is 0 Å². The number of nitrogens with zero attached hydrogens (tertiary/aromatic N) is 1. The highest BCUT2D eigenvalue weighted by Crippen LogP contribution is 2.55. The molecule has 1 saturated heterocycles. The van der Waals surface area contributed by atoms with Gasteiger partial charge in [0.15, 0.2) is 23.2 Å². The SMILES string of the molecule is CCCOC(=O)CC(O)(CCCC(C)(C)O)C(=O)OC1C(OC)=CC23CCCN2CCc2cc4c(cc2C13)OCO4. The number of hydrogen-bond acceptors (Lipinski definition) is 10. The lowest BCUT2D eigenvalue weighted by atomic mass is 9.77. The van der Waals surface area contributed by atoms with E-state index in [0.717, 1.165) is 43.5 Å². The molecule has 0 aromatic heterocycles. The summed E-state index contributed by atoms with van der Waals surface area (Å²) in [5.74, 6) is 0.00940. The summed E-state index contributed by atoms with van der Waals surface area (Å²) in [7, 11) is 1.56. The van der Waals surface area contributed by atoms with Crippen LogP contribution < -0.4 is 9.47 Å². The lowest BCUT2D eigenvalue weighted by Gasteiger charge is -2.39. The van der Waals surface area contributed by atoms with Crippen molar-refractivity contribution in [2.24, 2.45) is 0 Å². The van der Waals surface area contributed by atoms with Crippen molar-refractivity contribution >= 4 is 11.9 Å². The van der Waals surface area contributed by atoms with Crippen LogP contribution in [-0.2, 0) is 30.2 Å². The van der Waals surface area contributed by atoms with Gasteiger partial charge < -0.3 is 33.9 Å². The second-order valence-corrected chi connectivity index (χ2v) is 12.4. The Labute approximate surface area is 241 Å². The van der Waals surface area contributed by atoms with Crippen LogP contribution >= 0.6 is 0 Å². The largest absolute Gasteiger partial charge is 0.497 e. The molecule has 41 heavy (non-hydrogen) atoms. The molecule has 0 saturated carbocycles. The van der Waals surface area contributed by atoms with Crippen molar-refractivity contribution in [2.75, 3.05) is 33.6 Å². The average Bonchev–Trinajstić information content (AvgIpc) is 3.60. The van der Waals surface area contributed by atoms with E-state index in [2.05, 4.69) is 11.0 Å². The lowest BCUT2D eigenvalue weighted by Crippen LogP contribution is -2.49. The minimum absolute atomic E-state index is 0.0625. The summed E-state index contributed by atoms with van der Waals surface area (Å²) in [4.78, 5) is 29.0. The second-order valence-electron chi connectivity index (χ2n) is 12.4. The van der Waals surface area contributed by atoms with Crippen molar-refractivity contribution in [3.05, 3.63) is 35.1 Å². The molecule has 2 N–H and O–H groups in total. The first-order valence-corrected chi connectivity index (χ1v) is 14.8. The smallest absolute Gasteiger partial charge is 0.339 e. The molecule has 1 fully saturated rings. The molecular weight excluding hydrogens is 530 g/mol. The normalized spacial score (nSPS) is 26.2. The van der Waals surface area contributed by atoms with Crippen LogP contribution in [-0.4, -0.2) is 83.5 Å². The standard InChI is InChI=1S/C31H43NO9/c1-5-14-38-25(33)18-31(36,11-6-9-29(2,3)35)28(34)41-27-24(37-4)17-30-10-7-12-32(30)13-8-20-15-22-23(40-19-39-22)16-21(20)26(27)30/h15-17,26-27,35-36H,5-14,18-19H2,1-4H3. The molecule has 3 aliphatic heterocycles. The van der Waals surface area contributed by atoms with Gasteiger partial charge >= 0.3 is 11.9 Å². The van der Waals surface area contributed by atoms with E-state index in [1.165, 1.54) is 0 Å². The molecular formula is C31H43NO9. The Kier molecular flexibility index (Phi) is 8.29. The van der Waals surface area contributed by atoms with Crippen molar-refractivity contribution in [1.82, 2.24) is 4.90 Å². The van der Waals surface area contributed by atoms with Gasteiger partial charge in [-0.15, -0.1) is 0 Å². The minimum atomic E-state index is -2.12. The molecule has 0 amide bonds. The zero-order valence-electron chi connectivity index (χ0n) is 24.6. The van der Waals surface area contributed by atoms with Gasteiger partial charge in [0.1, 0.15) is 5.76 Å². The molecule has 0 bridgehead atoms. The summed E-state index contributed by atoms with van der Waals surface area (Å²) < 4.78 is 28.7. The molecule has 1 aromatic rings. The predicted octanol–water partition coefficient (Wildman–Crippen LogP) is 3.36. The summed E-state index contributed by atoms with van der Waals surface area (Å²) in [6, 6.07) is 4.02. The topological polar surface area (TPSA) is 124 Å². The molecule has 4 atom stereocenters. The third-order valence-electron chi connectivity index (χ3n) is 8.86. The highest BCUT2D eigenvalue weighted by atomic mass is 16.7. The fourth-order valence-electron chi connectivity index (χ4n) is 6.90. The van der Waals surface area contributed by atoms with E-state index in [-0.39, 0.29) is 25.7 Å². The maximum absolute atomic E-state index is 13.9. The van der Waals surface area contributed by atoms with Crippen LogP contribution in [0.25, 0.3) is 0 Å². The summed E-state index contributed by atoms with van der Waals surface area (Å²) in [5.41, 5.74) is -1.42. The monoisotopic (exact) mass is 573 g/mol. The first-order chi connectivity index (χ1) is 19.5. The van der Waals surface area contributed by atoms with Gasteiger partial charge in [0.2, 0.25) is 6.79 Å². The number of methoxy groups -OCH3 is 1. The highest BCUT2D eigenvalue weighted by molar-refractivity contribution is 5.86. The lowest BCUT2D eigenvalue weighted by molar-refractivity contribution is -0.179. The number of esters is 2. The van der Waals surface area contributed by atoms with E-state index in [1.807, 2.05) is 19.1 Å². The molecule has 3 heterocycles. The van der Waals surface area contributed by atoms with E-state index in [4.69, 9.17) is 23.7 Å². The number of aliphatic hydroxyl groups is 2. The third kappa shape index (κ3) is 5.79. The Bertz CT molecular complexity index is 1190. The van der Waals surface area contributed by atoms with Crippen LogP contribution in [0.15, 0.2) is 24.0 Å². The van der Waals surface area contributed by atoms with Crippen molar-refractivity contribution < 1.29 is 43.5 Å². The number of fused-ring (bicyclic) bond motifs is 3. The zero-order valence-corrected chi connectivity index (χ0v) is 24.6. The van der Waals surface area contributed by atoms with E-state index in [1.54, 1.807) is 21.0 Å². The van der Waals surface area contributed by atoms with Gasteiger partial charge in [0.05, 0.1) is 37.2 Å². The second kappa shape index (κ2) is 11.5. The van der Waals surface area contributed by atoms with Gasteiger partial charge in [-0.2, -0.15) is 0 Å². The first kappa shape index (κ1) is 29.7. The fraction of sp³-hybridized carbons (Fsp3) is 0.677. The Hall–Kier alpha value is -2.82. The van der Waals surface area contributed by atoms with Crippen molar-refractivity contribution in [1.29, 1.82) is 0 Å². The zero-order chi connectivity index (χ0) is 29.4. The predicted molar refractivity (Wildman–Crippen MR) is 148 cm³/mol. The molecule has 5 rings (SSSR count). The summed E-state index contributed by atoms with van der Waals surface area (Å²) in [5, 5.41) is 21.9. The number of hydrogen-bond donors (Lipinski definition) is 2. The Morgan fingerprint density at radius 1 is 1.15 bits per heavy atom. The van der Waals surface area contributed by atoms with Crippen LogP contribution in [0.5, 0.6) is 11.5 Å². The number of benzene rings is 1. The van der Waals surface area contributed by atoms with Crippen molar-refractivity contribution in [2.45, 2.75) is 101 Å². The van der Waals surface area contributed by atoms with Gasteiger partial charge in [0, 0.05) is 6.54 Å². The van der Waals surface area contributed by atoms with Crippen LogP contribution in [0.3, 0.4) is 0 Å². The highest BCUT2D eigenvalue weighted by Gasteiger charge is 2.59. The quantitative estimate of drug-likeness (QED) is 0.381. The van der Waals surface area contributed by atoms with Gasteiger partial charge in [-0.1, -0.05) is 6.92 Å². The first-order valence-electron chi connectivity index (χ1n) is 14.8. The number of rotatable bonds is 11. The molecule has 4 aliphatic rings. The van der Waals surface area contributed by atoms with Crippen LogP contribution in [0, 0.1) is 0 Å². The molecule has 0 radical (unpaired) electrons. The average molecular weight is 574 g/mol. The number of ether oxygens (including phenoxy) is 5. The van der Waals surface area contributed by atoms with Gasteiger partial charge in [-0.25, -0.2) is 4.79 Å². The Morgan fingerprint density at radius 2 is 1.90 bits per heavy atom. The van der Waals surface area contributed by atoms with Gasteiger partial charge in [-0.05, 0) is 94.7 Å². The van der Waals surface area contributed by atoms with Gasteiger partial charge in [0.25, 0.3) is 0 Å². The third-order valence-corrected chi connectivity index (χ3v) is 8.86. The summed E-state index contributed by atoms with van der Waals surface area (Å²) in [6.45, 7) is 7.30. The Balaban J connectivity index is 1.48. The molecule has 1 spiro atoms. The molecule has 10 nitrogen and oxygen atoms in total. The number of carbonyl (C=O) groups excluding carboxylic acids is 2. The van der Waals surface area contributed by atoms with Crippen LogP contribution in [0.1, 0.15) is 82.8 Å². The molecule has 1 aromatic carbocycles. The van der Waals surface area contributed by atoms with Crippen molar-refractivity contribution in [3.63, 3.8) is 0 Å². The van der Waals surface area contributed by atoms with E-state index >= 15 is 0 Å². The molecule has 10 heteroatoms. The molecule has 226 valence electrons. The maximum Gasteiger partial charge on any atom is 0.339 e. The molecule has 1 aliphatic carbocycles. The van der Waals surface area contributed by atoms with Crippen molar-refractivity contribution in [3.8, 4) is 11.5 Å². The Morgan fingerprint density at radius 3 is 2.61 bits per heavy atom. The fourth-order valence-corrected chi connectivity index (χ4v) is 6.90. The summed E-state index contributed by atoms with van der Waals surface area (Å²) in [6.07, 6.45) is 4.60. The maximum atomic E-state index is 13.9. The molecule has 4 unspecified atom stereocenters. The summed E-state index contributed by atoms with van der Waals surface area (Å²) >= 11 is 0. The van der Waals surface area contributed by atoms with E-state index < -0.39 is 41.2 Å². The van der Waals surface area contributed by atoms with Gasteiger partial charge in [-0.3, -0.25) is 9.69 Å². The van der Waals surface area contributed by atoms with E-state index in [0.29, 0.717) is 36.5 Å². The minimum Gasteiger partial charge on any atom is -0.497 e. The number of carbonyl (C=O) groups is 2. The van der Waals surface area contributed by atoms with Crippen LogP contribution in [0.4, 0.5) is 0 Å². The van der Waals surface area contributed by atoms with E-state index in [9.17, 15) is 19.8 Å².